The number of nitrogens with one attached hydrogen (secondary N) is 1. The smallest absolute Gasteiger partial charge is 0.220 e. The van der Waals surface area contributed by atoms with Crippen LogP contribution in [0.1, 0.15) is 55.6 Å². The van der Waals surface area contributed by atoms with Crippen LogP contribution in [0, 0.1) is 0 Å². The van der Waals surface area contributed by atoms with E-state index >= 15 is 0 Å². The van der Waals surface area contributed by atoms with Gasteiger partial charge in [0.25, 0.3) is 0 Å². The third-order valence-corrected chi connectivity index (χ3v) is 4.06. The lowest BCUT2D eigenvalue weighted by atomic mass is 9.89. The van der Waals surface area contributed by atoms with Crippen LogP contribution in [0.3, 0.4) is 0 Å². The largest absolute Gasteiger partial charge is 0.353 e. The van der Waals surface area contributed by atoms with Gasteiger partial charge in [-0.3, -0.25) is 4.79 Å². The first kappa shape index (κ1) is 10.8. The van der Waals surface area contributed by atoms with E-state index in [1.165, 1.54) is 24.0 Å². The molecule has 2 heteroatoms. The van der Waals surface area contributed by atoms with Crippen LogP contribution in [0.25, 0.3) is 0 Å². The minimum Gasteiger partial charge on any atom is -0.353 e. The molecule has 0 radical (unpaired) electrons. The van der Waals surface area contributed by atoms with Gasteiger partial charge in [0.1, 0.15) is 0 Å². The molecule has 1 amide bonds. The highest BCUT2D eigenvalue weighted by Gasteiger charge is 2.33. The number of hydrogen-bond acceptors (Lipinski definition) is 1. The van der Waals surface area contributed by atoms with Crippen molar-refractivity contribution in [3.8, 4) is 0 Å². The quantitative estimate of drug-likeness (QED) is 0.848. The van der Waals surface area contributed by atoms with Gasteiger partial charge >= 0.3 is 0 Å². The molecule has 0 spiro atoms. The van der Waals surface area contributed by atoms with E-state index in [2.05, 4.69) is 36.5 Å². The van der Waals surface area contributed by atoms with Gasteiger partial charge in [-0.1, -0.05) is 31.2 Å². The molecule has 1 aliphatic heterocycles. The summed E-state index contributed by atoms with van der Waals surface area (Å²) in [5.74, 6) is 1.38. The number of amides is 1. The van der Waals surface area contributed by atoms with Crippen molar-refractivity contribution in [3.05, 3.63) is 35.4 Å². The Morgan fingerprint density at radius 3 is 2.76 bits per heavy atom. The summed E-state index contributed by atoms with van der Waals surface area (Å²) >= 11 is 0. The third kappa shape index (κ3) is 2.08. The SMILES string of the molecule is CCC1NC(=O)CC1c1cccc(C2CC2)c1. The van der Waals surface area contributed by atoms with Crippen molar-refractivity contribution >= 4 is 5.91 Å². The third-order valence-electron chi connectivity index (χ3n) is 4.06. The van der Waals surface area contributed by atoms with Crippen LogP contribution in [-0.4, -0.2) is 11.9 Å². The lowest BCUT2D eigenvalue weighted by molar-refractivity contribution is -0.119. The Bertz CT molecular complexity index is 436. The average Bonchev–Trinajstić information content (AvgIpc) is 3.13. The van der Waals surface area contributed by atoms with Crippen LogP contribution in [0.5, 0.6) is 0 Å². The Kier molecular flexibility index (Phi) is 2.65. The van der Waals surface area contributed by atoms with E-state index in [-0.39, 0.29) is 5.91 Å². The summed E-state index contributed by atoms with van der Waals surface area (Å²) in [6.45, 7) is 2.15. The maximum atomic E-state index is 11.5. The Balaban J connectivity index is 1.87. The van der Waals surface area contributed by atoms with E-state index in [9.17, 15) is 4.79 Å². The molecule has 1 heterocycles. The van der Waals surface area contributed by atoms with Crippen molar-refractivity contribution in [1.82, 2.24) is 5.32 Å². The highest BCUT2D eigenvalue weighted by Crippen LogP contribution is 2.41. The van der Waals surface area contributed by atoms with E-state index < -0.39 is 0 Å². The second-order valence-corrected chi connectivity index (χ2v) is 5.34. The molecule has 2 aliphatic rings. The molecule has 90 valence electrons. The van der Waals surface area contributed by atoms with Crippen molar-refractivity contribution in [1.29, 1.82) is 0 Å². The van der Waals surface area contributed by atoms with Crippen molar-refractivity contribution in [2.24, 2.45) is 0 Å². The first-order valence-corrected chi connectivity index (χ1v) is 6.67. The Morgan fingerprint density at radius 2 is 2.06 bits per heavy atom. The molecule has 1 aromatic carbocycles. The van der Waals surface area contributed by atoms with Gasteiger partial charge in [0.15, 0.2) is 0 Å². The summed E-state index contributed by atoms with van der Waals surface area (Å²) < 4.78 is 0. The minimum atomic E-state index is 0.207. The lowest BCUT2D eigenvalue weighted by Gasteiger charge is -2.18. The summed E-state index contributed by atoms with van der Waals surface area (Å²) in [7, 11) is 0. The van der Waals surface area contributed by atoms with Crippen molar-refractivity contribution in [2.45, 2.75) is 50.5 Å². The topological polar surface area (TPSA) is 29.1 Å². The van der Waals surface area contributed by atoms with Crippen LogP contribution >= 0.6 is 0 Å². The summed E-state index contributed by atoms with van der Waals surface area (Å²) in [6.07, 6.45) is 4.35. The molecule has 1 aliphatic carbocycles. The van der Waals surface area contributed by atoms with Crippen LogP contribution in [-0.2, 0) is 4.79 Å². The number of rotatable bonds is 3. The molecule has 17 heavy (non-hydrogen) atoms. The zero-order valence-corrected chi connectivity index (χ0v) is 10.3. The van der Waals surface area contributed by atoms with Gasteiger partial charge < -0.3 is 5.32 Å². The van der Waals surface area contributed by atoms with E-state index in [0.717, 1.165) is 12.3 Å². The monoisotopic (exact) mass is 229 g/mol. The van der Waals surface area contributed by atoms with Crippen molar-refractivity contribution in [3.63, 3.8) is 0 Å². The summed E-state index contributed by atoms with van der Waals surface area (Å²) in [5, 5.41) is 3.08. The van der Waals surface area contributed by atoms with Crippen LogP contribution in [0.15, 0.2) is 24.3 Å². The van der Waals surface area contributed by atoms with Gasteiger partial charge in [-0.15, -0.1) is 0 Å². The van der Waals surface area contributed by atoms with Gasteiger partial charge in [0.05, 0.1) is 0 Å². The predicted molar refractivity (Wildman–Crippen MR) is 68.0 cm³/mol. The van der Waals surface area contributed by atoms with E-state index in [1.54, 1.807) is 0 Å². The number of carbonyl (C=O) groups excluding carboxylic acids is 1. The normalized spacial score (nSPS) is 28.2. The van der Waals surface area contributed by atoms with E-state index in [1.807, 2.05) is 0 Å². The number of hydrogen-bond donors (Lipinski definition) is 1. The van der Waals surface area contributed by atoms with Gasteiger partial charge in [-0.2, -0.15) is 0 Å². The van der Waals surface area contributed by atoms with Gasteiger partial charge in [-0.05, 0) is 36.3 Å². The average molecular weight is 229 g/mol. The molecule has 0 bridgehead atoms. The molecular weight excluding hydrogens is 210 g/mol. The van der Waals surface area contributed by atoms with Crippen molar-refractivity contribution < 1.29 is 4.79 Å². The summed E-state index contributed by atoms with van der Waals surface area (Å²) in [4.78, 5) is 11.5. The summed E-state index contributed by atoms with van der Waals surface area (Å²) in [5.41, 5.74) is 2.82. The maximum Gasteiger partial charge on any atom is 0.220 e. The van der Waals surface area contributed by atoms with Crippen LogP contribution in [0.4, 0.5) is 0 Å². The van der Waals surface area contributed by atoms with E-state index in [4.69, 9.17) is 0 Å². The van der Waals surface area contributed by atoms with Crippen molar-refractivity contribution in [2.75, 3.05) is 0 Å². The number of benzene rings is 1. The highest BCUT2D eigenvalue weighted by atomic mass is 16.2. The zero-order valence-electron chi connectivity index (χ0n) is 10.3. The molecule has 2 unspecified atom stereocenters. The molecule has 1 aromatic rings. The van der Waals surface area contributed by atoms with Gasteiger partial charge in [0.2, 0.25) is 5.91 Å². The molecule has 1 N–H and O–H groups in total. The first-order valence-electron chi connectivity index (χ1n) is 6.67. The number of carbonyl (C=O) groups is 1. The molecule has 3 rings (SSSR count). The first-order chi connectivity index (χ1) is 8.28. The minimum absolute atomic E-state index is 0.207. The molecule has 0 aromatic heterocycles. The Hall–Kier alpha value is -1.31. The zero-order chi connectivity index (χ0) is 11.8. The molecule has 2 nitrogen and oxygen atoms in total. The lowest BCUT2D eigenvalue weighted by Crippen LogP contribution is -2.27. The molecule has 2 atom stereocenters. The molecular formula is C15H19NO. The fourth-order valence-electron chi connectivity index (χ4n) is 2.91. The van der Waals surface area contributed by atoms with Crippen LogP contribution < -0.4 is 5.32 Å². The Labute approximate surface area is 102 Å². The Morgan fingerprint density at radius 1 is 1.29 bits per heavy atom. The molecule has 2 fully saturated rings. The summed E-state index contributed by atoms with van der Waals surface area (Å²) in [6, 6.07) is 9.22. The molecule has 1 saturated heterocycles. The predicted octanol–water partition coefficient (Wildman–Crippen LogP) is 2.95. The highest BCUT2D eigenvalue weighted by molar-refractivity contribution is 5.80. The van der Waals surface area contributed by atoms with Gasteiger partial charge in [0, 0.05) is 18.4 Å². The fraction of sp³-hybridized carbons (Fsp3) is 0.533. The van der Waals surface area contributed by atoms with E-state index in [0.29, 0.717) is 18.4 Å². The second kappa shape index (κ2) is 4.17. The second-order valence-electron chi connectivity index (χ2n) is 5.34. The molecule has 1 saturated carbocycles. The van der Waals surface area contributed by atoms with Gasteiger partial charge in [-0.25, -0.2) is 0 Å². The standard InChI is InChI=1S/C15H19NO/c1-2-14-13(9-15(17)16-14)12-5-3-4-11(8-12)10-6-7-10/h3-5,8,10,13-14H,2,6-7,9H2,1H3,(H,16,17). The fourth-order valence-corrected chi connectivity index (χ4v) is 2.91. The van der Waals surface area contributed by atoms with Crippen LogP contribution in [0.2, 0.25) is 0 Å². The maximum absolute atomic E-state index is 11.5.